The number of carbonyl (C=O) groups is 3. The topological polar surface area (TPSA) is 91.6 Å². The van der Waals surface area contributed by atoms with Crippen LogP contribution in [0.3, 0.4) is 0 Å². The molecule has 0 aliphatic rings. The second-order valence-electron chi connectivity index (χ2n) is 3.75. The van der Waals surface area contributed by atoms with Gasteiger partial charge in [-0.25, -0.2) is 0 Å². The molecule has 0 radical (unpaired) electrons. The van der Waals surface area contributed by atoms with Crippen LogP contribution in [0.15, 0.2) is 18.3 Å². The Morgan fingerprint density at radius 1 is 1.44 bits per heavy atom. The fourth-order valence-corrected chi connectivity index (χ4v) is 1.45. The van der Waals surface area contributed by atoms with Crippen LogP contribution in [-0.2, 0) is 16.1 Å². The van der Waals surface area contributed by atoms with Crippen molar-refractivity contribution < 1.29 is 19.5 Å². The molecule has 98 valence electrons. The van der Waals surface area contributed by atoms with E-state index in [1.807, 2.05) is 0 Å². The molecule has 0 aliphatic heterocycles. The molecule has 0 unspecified atom stereocenters. The Morgan fingerprint density at radius 3 is 2.67 bits per heavy atom. The molecule has 0 spiro atoms. The Labute approximate surface area is 104 Å². The lowest BCUT2D eigenvalue weighted by Gasteiger charge is -2.16. The van der Waals surface area contributed by atoms with E-state index in [0.29, 0.717) is 0 Å². The Kier molecular flexibility index (Phi) is 4.47. The van der Waals surface area contributed by atoms with Crippen molar-refractivity contribution in [1.29, 1.82) is 0 Å². The summed E-state index contributed by atoms with van der Waals surface area (Å²) >= 11 is 0. The van der Waals surface area contributed by atoms with Crippen molar-refractivity contribution >= 4 is 17.8 Å². The summed E-state index contributed by atoms with van der Waals surface area (Å²) in [5, 5.41) is 11.1. The van der Waals surface area contributed by atoms with Gasteiger partial charge in [-0.3, -0.25) is 14.4 Å². The van der Waals surface area contributed by atoms with Gasteiger partial charge in [0.05, 0.1) is 6.54 Å². The SMILES string of the molecule is CNC(=O)CN(C)C(=O)c1cccn1CC(=O)O. The summed E-state index contributed by atoms with van der Waals surface area (Å²) in [5.74, 6) is -1.72. The number of carbonyl (C=O) groups excluding carboxylic acids is 2. The first-order valence-corrected chi connectivity index (χ1v) is 5.28. The second kappa shape index (κ2) is 5.85. The number of likely N-dealkylation sites (N-methyl/N-ethyl adjacent to an activating group) is 2. The summed E-state index contributed by atoms with van der Waals surface area (Å²) in [6, 6.07) is 3.11. The maximum atomic E-state index is 12.0. The first-order valence-electron chi connectivity index (χ1n) is 5.28. The van der Waals surface area contributed by atoms with Crippen molar-refractivity contribution in [2.45, 2.75) is 6.54 Å². The number of nitrogens with one attached hydrogen (secondary N) is 1. The molecule has 1 rings (SSSR count). The maximum absolute atomic E-state index is 12.0. The lowest BCUT2D eigenvalue weighted by molar-refractivity contribution is -0.137. The van der Waals surface area contributed by atoms with E-state index in [9.17, 15) is 14.4 Å². The zero-order valence-electron chi connectivity index (χ0n) is 10.2. The number of hydrogen-bond acceptors (Lipinski definition) is 3. The van der Waals surface area contributed by atoms with Crippen LogP contribution >= 0.6 is 0 Å². The molecule has 0 bridgehead atoms. The molecule has 0 saturated carbocycles. The minimum atomic E-state index is -1.03. The highest BCUT2D eigenvalue weighted by molar-refractivity contribution is 5.95. The number of carboxylic acid groups (broad SMARTS) is 1. The predicted molar refractivity (Wildman–Crippen MR) is 63.1 cm³/mol. The minimum Gasteiger partial charge on any atom is -0.480 e. The van der Waals surface area contributed by atoms with Gasteiger partial charge in [0, 0.05) is 20.3 Å². The van der Waals surface area contributed by atoms with E-state index in [1.165, 1.54) is 35.8 Å². The number of rotatable bonds is 5. The summed E-state index contributed by atoms with van der Waals surface area (Å²) < 4.78 is 1.32. The highest BCUT2D eigenvalue weighted by atomic mass is 16.4. The van der Waals surface area contributed by atoms with Gasteiger partial charge in [-0.1, -0.05) is 0 Å². The molecule has 1 aromatic heterocycles. The molecule has 7 nitrogen and oxygen atoms in total. The highest BCUT2D eigenvalue weighted by Gasteiger charge is 2.18. The van der Waals surface area contributed by atoms with Crippen LogP contribution in [0.1, 0.15) is 10.5 Å². The third-order valence-electron chi connectivity index (χ3n) is 2.36. The summed E-state index contributed by atoms with van der Waals surface area (Å²) in [4.78, 5) is 35.0. The summed E-state index contributed by atoms with van der Waals surface area (Å²) in [6.45, 7) is -0.366. The van der Waals surface area contributed by atoms with Gasteiger partial charge in [0.25, 0.3) is 5.91 Å². The van der Waals surface area contributed by atoms with E-state index in [-0.39, 0.29) is 24.7 Å². The van der Waals surface area contributed by atoms with Crippen molar-refractivity contribution in [3.63, 3.8) is 0 Å². The third-order valence-corrected chi connectivity index (χ3v) is 2.36. The average molecular weight is 253 g/mol. The molecule has 0 atom stereocenters. The van der Waals surface area contributed by atoms with Gasteiger partial charge in [0.2, 0.25) is 5.91 Å². The molecule has 1 aromatic rings. The van der Waals surface area contributed by atoms with E-state index in [4.69, 9.17) is 5.11 Å². The Bertz CT molecular complexity index is 467. The number of nitrogens with zero attached hydrogens (tertiary/aromatic N) is 2. The zero-order valence-corrected chi connectivity index (χ0v) is 10.2. The first-order chi connectivity index (χ1) is 8.45. The fourth-order valence-electron chi connectivity index (χ4n) is 1.45. The largest absolute Gasteiger partial charge is 0.480 e. The number of hydrogen-bond donors (Lipinski definition) is 2. The molecule has 0 aromatic carbocycles. The molecule has 0 fully saturated rings. The third kappa shape index (κ3) is 3.34. The molecule has 7 heteroatoms. The van der Waals surface area contributed by atoms with E-state index in [0.717, 1.165) is 0 Å². The summed E-state index contributed by atoms with van der Waals surface area (Å²) in [5.41, 5.74) is 0.240. The monoisotopic (exact) mass is 253 g/mol. The molecule has 2 amide bonds. The standard InChI is InChI=1S/C11H15N3O4/c1-12-9(15)6-13(2)11(18)8-4-3-5-14(8)7-10(16)17/h3-5H,6-7H2,1-2H3,(H,12,15)(H,16,17). The second-order valence-corrected chi connectivity index (χ2v) is 3.75. The highest BCUT2D eigenvalue weighted by Crippen LogP contribution is 2.05. The van der Waals surface area contributed by atoms with Crippen LogP contribution in [0.2, 0.25) is 0 Å². The quantitative estimate of drug-likeness (QED) is 0.732. The number of aliphatic carboxylic acids is 1. The van der Waals surface area contributed by atoms with Crippen molar-refractivity contribution in [2.24, 2.45) is 0 Å². The number of amides is 2. The molecule has 1 heterocycles. The van der Waals surface area contributed by atoms with Crippen molar-refractivity contribution in [2.75, 3.05) is 20.6 Å². The van der Waals surface area contributed by atoms with Crippen LogP contribution in [0.4, 0.5) is 0 Å². The Morgan fingerprint density at radius 2 is 2.11 bits per heavy atom. The Hall–Kier alpha value is -2.31. The van der Waals surface area contributed by atoms with E-state index >= 15 is 0 Å². The molecule has 0 aliphatic carbocycles. The van der Waals surface area contributed by atoms with Crippen LogP contribution in [0.5, 0.6) is 0 Å². The van der Waals surface area contributed by atoms with Crippen LogP contribution in [0, 0.1) is 0 Å². The van der Waals surface area contributed by atoms with E-state index < -0.39 is 11.9 Å². The lowest BCUT2D eigenvalue weighted by Crippen LogP contribution is -2.37. The van der Waals surface area contributed by atoms with Gasteiger partial charge in [-0.05, 0) is 12.1 Å². The normalized spacial score (nSPS) is 9.89. The molecular formula is C11H15N3O4. The van der Waals surface area contributed by atoms with Gasteiger partial charge in [-0.2, -0.15) is 0 Å². The lowest BCUT2D eigenvalue weighted by atomic mass is 10.3. The maximum Gasteiger partial charge on any atom is 0.323 e. The zero-order chi connectivity index (χ0) is 13.7. The van der Waals surface area contributed by atoms with E-state index in [2.05, 4.69) is 5.32 Å². The van der Waals surface area contributed by atoms with Crippen LogP contribution in [-0.4, -0.2) is 53.0 Å². The first kappa shape index (κ1) is 13.8. The van der Waals surface area contributed by atoms with Gasteiger partial charge in [0.15, 0.2) is 0 Å². The van der Waals surface area contributed by atoms with Crippen molar-refractivity contribution in [3.05, 3.63) is 24.0 Å². The molecular weight excluding hydrogens is 238 g/mol. The van der Waals surface area contributed by atoms with E-state index in [1.54, 1.807) is 6.07 Å². The number of aromatic nitrogens is 1. The van der Waals surface area contributed by atoms with Crippen LogP contribution in [0.25, 0.3) is 0 Å². The van der Waals surface area contributed by atoms with Crippen molar-refractivity contribution in [1.82, 2.24) is 14.8 Å². The van der Waals surface area contributed by atoms with Gasteiger partial charge < -0.3 is 19.9 Å². The average Bonchev–Trinajstić information content (AvgIpc) is 2.74. The fraction of sp³-hybridized carbons (Fsp3) is 0.364. The van der Waals surface area contributed by atoms with Gasteiger partial charge >= 0.3 is 5.97 Å². The molecule has 18 heavy (non-hydrogen) atoms. The summed E-state index contributed by atoms with van der Waals surface area (Å²) in [6.07, 6.45) is 1.51. The number of carboxylic acids is 1. The smallest absolute Gasteiger partial charge is 0.323 e. The Balaban J connectivity index is 2.80. The van der Waals surface area contributed by atoms with Crippen molar-refractivity contribution in [3.8, 4) is 0 Å². The predicted octanol–water partition coefficient (Wildman–Crippen LogP) is -0.609. The van der Waals surface area contributed by atoms with Crippen LogP contribution < -0.4 is 5.32 Å². The summed E-state index contributed by atoms with van der Waals surface area (Å²) in [7, 11) is 2.96. The minimum absolute atomic E-state index is 0.0758. The molecule has 0 saturated heterocycles. The van der Waals surface area contributed by atoms with Gasteiger partial charge in [0.1, 0.15) is 12.2 Å². The van der Waals surface area contributed by atoms with Gasteiger partial charge in [-0.15, -0.1) is 0 Å². The molecule has 2 N–H and O–H groups in total.